The second-order valence-electron chi connectivity index (χ2n) is 4.99. The van der Waals surface area contributed by atoms with E-state index in [-0.39, 0.29) is 5.97 Å². The fourth-order valence-corrected chi connectivity index (χ4v) is 2.39. The van der Waals surface area contributed by atoms with Crippen LogP contribution < -0.4 is 0 Å². The lowest BCUT2D eigenvalue weighted by Crippen LogP contribution is -2.47. The largest absolute Gasteiger partial charge is 0.469 e. The van der Waals surface area contributed by atoms with Crippen LogP contribution in [0.5, 0.6) is 0 Å². The maximum absolute atomic E-state index is 12.1. The van der Waals surface area contributed by atoms with Crippen LogP contribution in [0, 0.1) is 5.92 Å². The molecule has 0 radical (unpaired) electrons. The second kappa shape index (κ2) is 6.52. The quantitative estimate of drug-likeness (QED) is 0.780. The molecule has 5 heteroatoms. The van der Waals surface area contributed by atoms with Crippen molar-refractivity contribution < 1.29 is 19.1 Å². The Labute approximate surface area is 118 Å². The SMILES string of the molecule is COC(=O)[C@@H]1CN(C)CC[C@@H]1OC(=O)c1ccccc1. The molecule has 1 aliphatic heterocycles. The number of nitrogens with zero attached hydrogens (tertiary/aromatic N) is 1. The molecule has 1 heterocycles. The third kappa shape index (κ3) is 3.36. The van der Waals surface area contributed by atoms with Crippen molar-refractivity contribution >= 4 is 11.9 Å². The van der Waals surface area contributed by atoms with Gasteiger partial charge in [0.25, 0.3) is 0 Å². The number of carbonyl (C=O) groups excluding carboxylic acids is 2. The lowest BCUT2D eigenvalue weighted by atomic mass is 9.95. The summed E-state index contributed by atoms with van der Waals surface area (Å²) in [6, 6.07) is 8.80. The van der Waals surface area contributed by atoms with Crippen molar-refractivity contribution in [1.82, 2.24) is 4.90 Å². The Morgan fingerprint density at radius 3 is 2.60 bits per heavy atom. The standard InChI is InChI=1S/C15H19NO4/c1-16-9-8-13(12(10-16)15(18)19-2)20-14(17)11-6-4-3-5-7-11/h3-7,12-13H,8-10H2,1-2H3/t12-,13+/m1/s1. The van der Waals surface area contributed by atoms with Crippen LogP contribution in [-0.2, 0) is 14.3 Å². The Hall–Kier alpha value is -1.88. The van der Waals surface area contributed by atoms with Gasteiger partial charge in [0.05, 0.1) is 12.7 Å². The van der Waals surface area contributed by atoms with Gasteiger partial charge in [-0.25, -0.2) is 4.79 Å². The van der Waals surface area contributed by atoms with E-state index in [1.807, 2.05) is 18.0 Å². The average Bonchev–Trinajstić information content (AvgIpc) is 2.49. The molecule has 0 unspecified atom stereocenters. The van der Waals surface area contributed by atoms with Gasteiger partial charge in [0.1, 0.15) is 12.0 Å². The Balaban J connectivity index is 2.06. The molecular weight excluding hydrogens is 258 g/mol. The first-order valence-corrected chi connectivity index (χ1v) is 6.64. The summed E-state index contributed by atoms with van der Waals surface area (Å²) < 4.78 is 10.3. The van der Waals surface area contributed by atoms with Gasteiger partial charge in [0.15, 0.2) is 0 Å². The zero-order chi connectivity index (χ0) is 14.5. The van der Waals surface area contributed by atoms with Crippen LogP contribution in [0.1, 0.15) is 16.8 Å². The molecule has 0 N–H and O–H groups in total. The highest BCUT2D eigenvalue weighted by atomic mass is 16.6. The summed E-state index contributed by atoms with van der Waals surface area (Å²) in [4.78, 5) is 25.9. The van der Waals surface area contributed by atoms with E-state index in [2.05, 4.69) is 0 Å². The van der Waals surface area contributed by atoms with E-state index in [0.717, 1.165) is 6.54 Å². The number of carbonyl (C=O) groups is 2. The van der Waals surface area contributed by atoms with Gasteiger partial charge in [0, 0.05) is 13.1 Å². The number of piperidine rings is 1. The summed E-state index contributed by atoms with van der Waals surface area (Å²) in [6.45, 7) is 1.33. The molecule has 20 heavy (non-hydrogen) atoms. The lowest BCUT2D eigenvalue weighted by molar-refractivity contribution is -0.152. The van der Waals surface area contributed by atoms with Crippen LogP contribution in [0.3, 0.4) is 0 Å². The van der Waals surface area contributed by atoms with Gasteiger partial charge >= 0.3 is 11.9 Å². The fraction of sp³-hybridized carbons (Fsp3) is 0.467. The highest BCUT2D eigenvalue weighted by Gasteiger charge is 2.36. The Morgan fingerprint density at radius 2 is 1.95 bits per heavy atom. The minimum atomic E-state index is -0.425. The first-order chi connectivity index (χ1) is 9.61. The van der Waals surface area contributed by atoms with E-state index in [1.54, 1.807) is 24.3 Å². The molecule has 0 amide bonds. The second-order valence-corrected chi connectivity index (χ2v) is 4.99. The Morgan fingerprint density at radius 1 is 1.25 bits per heavy atom. The summed E-state index contributed by atoms with van der Waals surface area (Å²) in [5.74, 6) is -1.15. The molecule has 2 atom stereocenters. The number of ether oxygens (including phenoxy) is 2. The number of hydrogen-bond donors (Lipinski definition) is 0. The first kappa shape index (κ1) is 14.5. The van der Waals surface area contributed by atoms with Gasteiger partial charge in [-0.05, 0) is 25.6 Å². The van der Waals surface area contributed by atoms with Crippen LogP contribution in [0.4, 0.5) is 0 Å². The van der Waals surface area contributed by atoms with E-state index in [9.17, 15) is 9.59 Å². The third-order valence-corrected chi connectivity index (χ3v) is 3.52. The predicted octanol–water partition coefficient (Wildman–Crippen LogP) is 1.34. The number of methoxy groups -OCH3 is 1. The van der Waals surface area contributed by atoms with Crippen molar-refractivity contribution in [3.8, 4) is 0 Å². The van der Waals surface area contributed by atoms with Crippen LogP contribution in [0.25, 0.3) is 0 Å². The van der Waals surface area contributed by atoms with Crippen molar-refractivity contribution in [3.05, 3.63) is 35.9 Å². The molecule has 108 valence electrons. The molecule has 0 aliphatic carbocycles. The Bertz CT molecular complexity index is 474. The molecule has 0 spiro atoms. The normalized spacial score (nSPS) is 23.1. The van der Waals surface area contributed by atoms with Gasteiger partial charge in [0.2, 0.25) is 0 Å². The maximum atomic E-state index is 12.1. The lowest BCUT2D eigenvalue weighted by Gasteiger charge is -2.34. The monoisotopic (exact) mass is 277 g/mol. The minimum Gasteiger partial charge on any atom is -0.469 e. The molecule has 1 aromatic carbocycles. The van der Waals surface area contributed by atoms with E-state index >= 15 is 0 Å². The van der Waals surface area contributed by atoms with Crippen molar-refractivity contribution in [1.29, 1.82) is 0 Å². The number of hydrogen-bond acceptors (Lipinski definition) is 5. The van der Waals surface area contributed by atoms with Crippen LogP contribution in [0.15, 0.2) is 30.3 Å². The van der Waals surface area contributed by atoms with Crippen molar-refractivity contribution in [2.45, 2.75) is 12.5 Å². The molecule has 0 aromatic heterocycles. The zero-order valence-corrected chi connectivity index (χ0v) is 11.7. The van der Waals surface area contributed by atoms with Gasteiger partial charge in [-0.2, -0.15) is 0 Å². The first-order valence-electron chi connectivity index (χ1n) is 6.64. The molecule has 5 nitrogen and oxygen atoms in total. The highest BCUT2D eigenvalue weighted by Crippen LogP contribution is 2.22. The van der Waals surface area contributed by atoms with Gasteiger partial charge < -0.3 is 14.4 Å². The number of esters is 2. The van der Waals surface area contributed by atoms with E-state index in [0.29, 0.717) is 18.5 Å². The molecule has 2 rings (SSSR count). The summed E-state index contributed by atoms with van der Waals surface area (Å²) in [5, 5.41) is 0. The fourth-order valence-electron chi connectivity index (χ4n) is 2.39. The molecule has 1 fully saturated rings. The summed E-state index contributed by atoms with van der Waals surface area (Å²) >= 11 is 0. The number of benzene rings is 1. The van der Waals surface area contributed by atoms with E-state index in [4.69, 9.17) is 9.47 Å². The summed E-state index contributed by atoms with van der Waals surface area (Å²) in [5.41, 5.74) is 0.495. The van der Waals surface area contributed by atoms with Crippen molar-refractivity contribution in [3.63, 3.8) is 0 Å². The van der Waals surface area contributed by atoms with Crippen LogP contribution >= 0.6 is 0 Å². The van der Waals surface area contributed by atoms with Gasteiger partial charge in [-0.15, -0.1) is 0 Å². The van der Waals surface area contributed by atoms with Gasteiger partial charge in [-0.1, -0.05) is 18.2 Å². The molecular formula is C15H19NO4. The molecule has 1 aliphatic rings. The molecule has 0 saturated carbocycles. The van der Waals surface area contributed by atoms with Crippen molar-refractivity contribution in [2.24, 2.45) is 5.92 Å². The average molecular weight is 277 g/mol. The minimum absolute atomic E-state index is 0.331. The zero-order valence-electron chi connectivity index (χ0n) is 11.7. The molecule has 1 aromatic rings. The predicted molar refractivity (Wildman–Crippen MR) is 73.3 cm³/mol. The van der Waals surface area contributed by atoms with Gasteiger partial charge in [-0.3, -0.25) is 4.79 Å². The smallest absolute Gasteiger partial charge is 0.338 e. The van der Waals surface area contributed by atoms with Crippen LogP contribution in [-0.4, -0.2) is 50.2 Å². The summed E-state index contributed by atoms with van der Waals surface area (Å²) in [7, 11) is 3.29. The topological polar surface area (TPSA) is 55.8 Å². The number of rotatable bonds is 3. The van der Waals surface area contributed by atoms with E-state index < -0.39 is 18.0 Å². The molecule has 1 saturated heterocycles. The molecule has 0 bridgehead atoms. The summed E-state index contributed by atoms with van der Waals surface area (Å²) in [6.07, 6.45) is 0.209. The Kier molecular flexibility index (Phi) is 4.74. The van der Waals surface area contributed by atoms with Crippen LogP contribution in [0.2, 0.25) is 0 Å². The van der Waals surface area contributed by atoms with Crippen molar-refractivity contribution in [2.75, 3.05) is 27.2 Å². The number of likely N-dealkylation sites (tertiary alicyclic amines) is 1. The maximum Gasteiger partial charge on any atom is 0.338 e. The van der Waals surface area contributed by atoms with E-state index in [1.165, 1.54) is 7.11 Å². The third-order valence-electron chi connectivity index (χ3n) is 3.52. The highest BCUT2D eigenvalue weighted by molar-refractivity contribution is 5.89.